The lowest BCUT2D eigenvalue weighted by Crippen LogP contribution is -2.33. The molecule has 0 aliphatic carbocycles. The van der Waals surface area contributed by atoms with Gasteiger partial charge in [-0.25, -0.2) is 0 Å². The molecule has 27 heavy (non-hydrogen) atoms. The average molecular weight is 369 g/mol. The lowest BCUT2D eigenvalue weighted by molar-refractivity contribution is 0.106. The highest BCUT2D eigenvalue weighted by Gasteiger charge is 2.14. The second-order valence-electron chi connectivity index (χ2n) is 8.50. The van der Waals surface area contributed by atoms with E-state index in [1.165, 1.54) is 16.8 Å². The zero-order valence-electron chi connectivity index (χ0n) is 17.5. The molecule has 0 aliphatic rings. The van der Waals surface area contributed by atoms with Crippen LogP contribution in [0, 0.1) is 0 Å². The molecule has 1 aromatic carbocycles. The van der Waals surface area contributed by atoms with E-state index < -0.39 is 0 Å². The maximum Gasteiger partial charge on any atom is 0.0667 e. The van der Waals surface area contributed by atoms with Gasteiger partial charge in [0.15, 0.2) is 0 Å². The van der Waals surface area contributed by atoms with E-state index in [4.69, 9.17) is 0 Å². The SMILES string of the molecule is C=CCN(Cc1cccn1Cc1ccc(C(C)(C)C)cc1)C[C@H](O)CCC. The monoisotopic (exact) mass is 368 g/mol. The van der Waals surface area contributed by atoms with E-state index in [0.717, 1.165) is 32.5 Å². The molecule has 0 saturated carbocycles. The van der Waals surface area contributed by atoms with E-state index in [0.29, 0.717) is 6.54 Å². The van der Waals surface area contributed by atoms with Gasteiger partial charge >= 0.3 is 0 Å². The third-order valence-corrected chi connectivity index (χ3v) is 4.96. The molecule has 1 heterocycles. The molecule has 1 atom stereocenters. The summed E-state index contributed by atoms with van der Waals surface area (Å²) in [5.41, 5.74) is 4.12. The Balaban J connectivity index is 2.06. The van der Waals surface area contributed by atoms with Crippen LogP contribution in [-0.4, -0.2) is 33.8 Å². The summed E-state index contributed by atoms with van der Waals surface area (Å²) in [6.07, 6.45) is 5.63. The predicted molar refractivity (Wildman–Crippen MR) is 115 cm³/mol. The van der Waals surface area contributed by atoms with Gasteiger partial charge in [-0.05, 0) is 35.1 Å². The van der Waals surface area contributed by atoms with Crippen molar-refractivity contribution in [3.63, 3.8) is 0 Å². The zero-order valence-corrected chi connectivity index (χ0v) is 17.5. The summed E-state index contributed by atoms with van der Waals surface area (Å²) in [4.78, 5) is 2.27. The van der Waals surface area contributed by atoms with E-state index in [2.05, 4.69) is 86.3 Å². The highest BCUT2D eigenvalue weighted by molar-refractivity contribution is 5.28. The van der Waals surface area contributed by atoms with Crippen LogP contribution < -0.4 is 0 Å². The third-order valence-electron chi connectivity index (χ3n) is 4.96. The molecule has 0 fully saturated rings. The molecule has 0 unspecified atom stereocenters. The first-order chi connectivity index (χ1) is 12.8. The third kappa shape index (κ3) is 6.67. The van der Waals surface area contributed by atoms with Crippen molar-refractivity contribution in [3.8, 4) is 0 Å². The van der Waals surface area contributed by atoms with Crippen LogP contribution in [0.1, 0.15) is 57.4 Å². The van der Waals surface area contributed by atoms with Gasteiger partial charge in [0, 0.05) is 38.1 Å². The molecule has 0 aliphatic heterocycles. The van der Waals surface area contributed by atoms with E-state index >= 15 is 0 Å². The molecule has 1 aromatic heterocycles. The van der Waals surface area contributed by atoms with Crippen LogP contribution in [0.3, 0.4) is 0 Å². The van der Waals surface area contributed by atoms with Gasteiger partial charge in [0.25, 0.3) is 0 Å². The highest BCUT2D eigenvalue weighted by Crippen LogP contribution is 2.22. The first kappa shape index (κ1) is 21.5. The number of rotatable bonds is 10. The van der Waals surface area contributed by atoms with Crippen molar-refractivity contribution in [2.45, 2.75) is 65.1 Å². The minimum atomic E-state index is -0.275. The van der Waals surface area contributed by atoms with Gasteiger partial charge in [0.2, 0.25) is 0 Å². The molecule has 3 heteroatoms. The van der Waals surface area contributed by atoms with Crippen molar-refractivity contribution < 1.29 is 5.11 Å². The molecule has 1 N–H and O–H groups in total. The lowest BCUT2D eigenvalue weighted by Gasteiger charge is -2.24. The Hall–Kier alpha value is -1.84. The van der Waals surface area contributed by atoms with Gasteiger partial charge < -0.3 is 9.67 Å². The van der Waals surface area contributed by atoms with Gasteiger partial charge in [0.05, 0.1) is 6.10 Å². The summed E-state index contributed by atoms with van der Waals surface area (Å²) in [5, 5.41) is 10.2. The van der Waals surface area contributed by atoms with Crippen LogP contribution in [0.15, 0.2) is 55.3 Å². The highest BCUT2D eigenvalue weighted by atomic mass is 16.3. The molecule has 0 amide bonds. The fraction of sp³-hybridized carbons (Fsp3) is 0.500. The second kappa shape index (κ2) is 9.91. The van der Waals surface area contributed by atoms with Crippen molar-refractivity contribution in [1.29, 1.82) is 0 Å². The Morgan fingerprint density at radius 2 is 1.89 bits per heavy atom. The molecule has 0 radical (unpaired) electrons. The number of aliphatic hydroxyl groups excluding tert-OH is 1. The van der Waals surface area contributed by atoms with Crippen molar-refractivity contribution in [3.05, 3.63) is 72.1 Å². The number of hydrogen-bond donors (Lipinski definition) is 1. The average Bonchev–Trinajstić information content (AvgIpc) is 3.01. The maximum absolute atomic E-state index is 10.2. The van der Waals surface area contributed by atoms with Crippen LogP contribution in [0.5, 0.6) is 0 Å². The summed E-state index contributed by atoms with van der Waals surface area (Å²) in [6.45, 7) is 15.9. The summed E-state index contributed by atoms with van der Waals surface area (Å²) in [7, 11) is 0. The Bertz CT molecular complexity index is 694. The first-order valence-corrected chi connectivity index (χ1v) is 10.1. The van der Waals surface area contributed by atoms with Crippen LogP contribution in [0.4, 0.5) is 0 Å². The molecule has 2 aromatic rings. The van der Waals surface area contributed by atoms with Crippen LogP contribution in [0.2, 0.25) is 0 Å². The van der Waals surface area contributed by atoms with Crippen molar-refractivity contribution in [2.24, 2.45) is 0 Å². The quantitative estimate of drug-likeness (QED) is 0.599. The summed E-state index contributed by atoms with van der Waals surface area (Å²) < 4.78 is 2.30. The normalized spacial score (nSPS) is 13.1. The fourth-order valence-corrected chi connectivity index (χ4v) is 3.39. The minimum Gasteiger partial charge on any atom is -0.392 e. The largest absolute Gasteiger partial charge is 0.392 e. The van der Waals surface area contributed by atoms with Gasteiger partial charge in [-0.2, -0.15) is 0 Å². The fourth-order valence-electron chi connectivity index (χ4n) is 3.39. The molecule has 148 valence electrons. The number of aromatic nitrogens is 1. The standard InChI is InChI=1S/C24H36N2O/c1-6-9-23(27)19-25(15-7-2)18-22-10-8-16-26(22)17-20-11-13-21(14-12-20)24(3,4)5/h7-8,10-14,16,23,27H,2,6,9,15,17-19H2,1,3-5H3/t23-/m1/s1. The molecular weight excluding hydrogens is 332 g/mol. The predicted octanol–water partition coefficient (Wildman–Crippen LogP) is 4.98. The zero-order chi connectivity index (χ0) is 19.9. The van der Waals surface area contributed by atoms with Gasteiger partial charge in [-0.3, -0.25) is 4.90 Å². The van der Waals surface area contributed by atoms with Crippen molar-refractivity contribution >= 4 is 0 Å². The Kier molecular flexibility index (Phi) is 7.88. The Morgan fingerprint density at radius 1 is 1.19 bits per heavy atom. The Labute approximate surface area is 165 Å². The summed E-state index contributed by atoms with van der Waals surface area (Å²) >= 11 is 0. The van der Waals surface area contributed by atoms with Gasteiger partial charge in [-0.15, -0.1) is 6.58 Å². The minimum absolute atomic E-state index is 0.182. The van der Waals surface area contributed by atoms with Crippen LogP contribution >= 0.6 is 0 Å². The molecule has 2 rings (SSSR count). The molecule has 0 saturated heterocycles. The molecule has 0 bridgehead atoms. The van der Waals surface area contributed by atoms with E-state index in [-0.39, 0.29) is 11.5 Å². The smallest absolute Gasteiger partial charge is 0.0667 e. The van der Waals surface area contributed by atoms with Crippen LogP contribution in [-0.2, 0) is 18.5 Å². The Morgan fingerprint density at radius 3 is 2.48 bits per heavy atom. The van der Waals surface area contributed by atoms with E-state index in [1.54, 1.807) is 0 Å². The molecule has 0 spiro atoms. The lowest BCUT2D eigenvalue weighted by atomic mass is 9.87. The number of nitrogens with zero attached hydrogens (tertiary/aromatic N) is 2. The number of benzene rings is 1. The van der Waals surface area contributed by atoms with E-state index in [1.807, 2.05) is 6.08 Å². The summed E-state index contributed by atoms with van der Waals surface area (Å²) in [6, 6.07) is 13.2. The second-order valence-corrected chi connectivity index (χ2v) is 8.50. The molecule has 3 nitrogen and oxygen atoms in total. The van der Waals surface area contributed by atoms with Crippen molar-refractivity contribution in [2.75, 3.05) is 13.1 Å². The number of hydrogen-bond acceptors (Lipinski definition) is 2. The van der Waals surface area contributed by atoms with Gasteiger partial charge in [-0.1, -0.05) is 64.5 Å². The topological polar surface area (TPSA) is 28.4 Å². The van der Waals surface area contributed by atoms with Gasteiger partial charge in [0.1, 0.15) is 0 Å². The first-order valence-electron chi connectivity index (χ1n) is 10.1. The maximum atomic E-state index is 10.2. The summed E-state index contributed by atoms with van der Waals surface area (Å²) in [5.74, 6) is 0. The van der Waals surface area contributed by atoms with Crippen LogP contribution in [0.25, 0.3) is 0 Å². The van der Waals surface area contributed by atoms with E-state index in [9.17, 15) is 5.11 Å². The van der Waals surface area contributed by atoms with Crippen molar-refractivity contribution in [1.82, 2.24) is 9.47 Å². The number of aliphatic hydroxyl groups is 1. The molecular formula is C24H36N2O.